The number of anilines is 2. The Hall–Kier alpha value is -3.86. The van der Waals surface area contributed by atoms with E-state index in [0.29, 0.717) is 22.6 Å². The second-order valence-corrected chi connectivity index (χ2v) is 8.70. The standard InChI is InChI=1S/C28H28N2O3/c1-17(2)33-24-9-7-6-8-23(24)30-27(31)25(21-12-10-18(3)11-13-21)26(28(30)32)29-22-15-19(4)14-20(5)16-22/h6-17,29H,1-5H3. The van der Waals surface area contributed by atoms with E-state index in [9.17, 15) is 9.59 Å². The minimum Gasteiger partial charge on any atom is -0.489 e. The number of amides is 2. The van der Waals surface area contributed by atoms with Gasteiger partial charge in [-0.1, -0.05) is 48.0 Å². The van der Waals surface area contributed by atoms with Crippen LogP contribution in [0.5, 0.6) is 5.75 Å². The van der Waals surface area contributed by atoms with Crippen molar-refractivity contribution in [1.82, 2.24) is 0 Å². The summed E-state index contributed by atoms with van der Waals surface area (Å²) < 4.78 is 5.91. The Labute approximate surface area is 194 Å². The van der Waals surface area contributed by atoms with Gasteiger partial charge >= 0.3 is 0 Å². The van der Waals surface area contributed by atoms with Crippen LogP contribution in [0.25, 0.3) is 5.57 Å². The largest absolute Gasteiger partial charge is 0.489 e. The average molecular weight is 441 g/mol. The van der Waals surface area contributed by atoms with E-state index in [1.807, 2.05) is 77.1 Å². The van der Waals surface area contributed by atoms with Crippen LogP contribution in [-0.4, -0.2) is 17.9 Å². The lowest BCUT2D eigenvalue weighted by Crippen LogP contribution is -2.33. The molecule has 5 heteroatoms. The molecular weight excluding hydrogens is 412 g/mol. The van der Waals surface area contributed by atoms with Crippen molar-refractivity contribution in [3.05, 3.63) is 94.7 Å². The quantitative estimate of drug-likeness (QED) is 0.493. The van der Waals surface area contributed by atoms with Gasteiger partial charge in [0.15, 0.2) is 0 Å². The van der Waals surface area contributed by atoms with Gasteiger partial charge in [0.05, 0.1) is 17.4 Å². The SMILES string of the molecule is Cc1ccc(C2=C(Nc3cc(C)cc(C)c3)C(=O)N(c3ccccc3OC(C)C)C2=O)cc1. The van der Waals surface area contributed by atoms with Crippen molar-refractivity contribution >= 4 is 28.8 Å². The maximum absolute atomic E-state index is 13.7. The molecule has 3 aromatic rings. The zero-order valence-corrected chi connectivity index (χ0v) is 19.6. The highest BCUT2D eigenvalue weighted by Crippen LogP contribution is 2.38. The van der Waals surface area contributed by atoms with Crippen LogP contribution in [0.2, 0.25) is 0 Å². The summed E-state index contributed by atoms with van der Waals surface area (Å²) in [6.07, 6.45) is -0.101. The number of carbonyl (C=O) groups excluding carboxylic acids is 2. The molecule has 5 nitrogen and oxygen atoms in total. The van der Waals surface area contributed by atoms with E-state index in [4.69, 9.17) is 4.74 Å². The fourth-order valence-corrected chi connectivity index (χ4v) is 4.04. The maximum Gasteiger partial charge on any atom is 0.282 e. The first-order valence-corrected chi connectivity index (χ1v) is 11.1. The van der Waals surface area contributed by atoms with Gasteiger partial charge in [0.2, 0.25) is 0 Å². The van der Waals surface area contributed by atoms with Gasteiger partial charge in [-0.2, -0.15) is 0 Å². The number of benzene rings is 3. The van der Waals surface area contributed by atoms with Crippen molar-refractivity contribution in [3.63, 3.8) is 0 Å². The number of rotatable bonds is 6. The summed E-state index contributed by atoms with van der Waals surface area (Å²) in [5.41, 5.74) is 5.71. The van der Waals surface area contributed by atoms with Gasteiger partial charge in [0, 0.05) is 5.69 Å². The van der Waals surface area contributed by atoms with Crippen LogP contribution in [0.4, 0.5) is 11.4 Å². The summed E-state index contributed by atoms with van der Waals surface area (Å²) in [7, 11) is 0. The van der Waals surface area contributed by atoms with E-state index in [2.05, 4.69) is 11.4 Å². The molecule has 0 spiro atoms. The zero-order valence-electron chi connectivity index (χ0n) is 19.6. The number of hydrogen-bond acceptors (Lipinski definition) is 4. The van der Waals surface area contributed by atoms with Gasteiger partial charge in [-0.25, -0.2) is 4.90 Å². The van der Waals surface area contributed by atoms with Crippen LogP contribution in [0.3, 0.4) is 0 Å². The lowest BCUT2D eigenvalue weighted by atomic mass is 10.0. The molecule has 168 valence electrons. The molecule has 0 saturated carbocycles. The molecule has 1 aliphatic heterocycles. The first kappa shape index (κ1) is 22.3. The molecule has 0 saturated heterocycles. The molecule has 0 bridgehead atoms. The number of imide groups is 1. The molecular formula is C28H28N2O3. The summed E-state index contributed by atoms with van der Waals surface area (Å²) in [5, 5.41) is 3.25. The number of carbonyl (C=O) groups is 2. The number of nitrogens with one attached hydrogen (secondary N) is 1. The first-order chi connectivity index (χ1) is 15.7. The predicted octanol–water partition coefficient (Wildman–Crippen LogP) is 5.80. The fraction of sp³-hybridized carbons (Fsp3) is 0.214. The highest BCUT2D eigenvalue weighted by atomic mass is 16.5. The van der Waals surface area contributed by atoms with E-state index in [1.165, 1.54) is 4.90 Å². The van der Waals surface area contributed by atoms with Crippen LogP contribution in [0.1, 0.15) is 36.1 Å². The average Bonchev–Trinajstić information content (AvgIpc) is 2.98. The van der Waals surface area contributed by atoms with Crippen LogP contribution < -0.4 is 15.0 Å². The summed E-state index contributed by atoms with van der Waals surface area (Å²) in [5.74, 6) is -0.296. The third-order valence-electron chi connectivity index (χ3n) is 5.38. The fourth-order valence-electron chi connectivity index (χ4n) is 4.04. The van der Waals surface area contributed by atoms with Gasteiger partial charge in [-0.3, -0.25) is 9.59 Å². The van der Waals surface area contributed by atoms with E-state index in [1.54, 1.807) is 18.2 Å². The Morgan fingerprint density at radius 2 is 1.42 bits per heavy atom. The molecule has 1 N–H and O–H groups in total. The Morgan fingerprint density at radius 1 is 0.788 bits per heavy atom. The van der Waals surface area contributed by atoms with Crippen molar-refractivity contribution in [2.75, 3.05) is 10.2 Å². The van der Waals surface area contributed by atoms with Crippen LogP contribution in [0.15, 0.2) is 72.4 Å². The van der Waals surface area contributed by atoms with Crippen molar-refractivity contribution in [1.29, 1.82) is 0 Å². The molecule has 0 radical (unpaired) electrons. The van der Waals surface area contributed by atoms with Gasteiger partial charge in [0.1, 0.15) is 11.4 Å². The third-order valence-corrected chi connectivity index (χ3v) is 5.38. The Morgan fingerprint density at radius 3 is 2.06 bits per heavy atom. The Bertz CT molecular complexity index is 1240. The smallest absolute Gasteiger partial charge is 0.282 e. The molecule has 0 unspecified atom stereocenters. The molecule has 3 aromatic carbocycles. The number of para-hydroxylation sites is 2. The van der Waals surface area contributed by atoms with Crippen molar-refractivity contribution in [2.24, 2.45) is 0 Å². The number of hydrogen-bond donors (Lipinski definition) is 1. The molecule has 4 rings (SSSR count). The molecule has 0 aromatic heterocycles. The van der Waals surface area contributed by atoms with Crippen molar-refractivity contribution in [3.8, 4) is 5.75 Å². The minimum atomic E-state index is -0.408. The van der Waals surface area contributed by atoms with Gasteiger partial charge in [-0.15, -0.1) is 0 Å². The topological polar surface area (TPSA) is 58.6 Å². The summed E-state index contributed by atoms with van der Waals surface area (Å²) in [6, 6.07) is 20.7. The molecule has 0 fully saturated rings. The van der Waals surface area contributed by atoms with Crippen molar-refractivity contribution < 1.29 is 14.3 Å². The van der Waals surface area contributed by atoms with E-state index < -0.39 is 5.91 Å². The lowest BCUT2D eigenvalue weighted by Gasteiger charge is -2.20. The first-order valence-electron chi connectivity index (χ1n) is 11.1. The summed E-state index contributed by atoms with van der Waals surface area (Å²) in [6.45, 7) is 9.81. The highest BCUT2D eigenvalue weighted by Gasteiger charge is 2.41. The molecule has 0 aliphatic carbocycles. The van der Waals surface area contributed by atoms with E-state index >= 15 is 0 Å². The van der Waals surface area contributed by atoms with Crippen molar-refractivity contribution in [2.45, 2.75) is 40.7 Å². The van der Waals surface area contributed by atoms with Gasteiger partial charge in [-0.05, 0) is 75.6 Å². The van der Waals surface area contributed by atoms with Crippen LogP contribution in [-0.2, 0) is 9.59 Å². The van der Waals surface area contributed by atoms with Gasteiger partial charge < -0.3 is 10.1 Å². The Kier molecular flexibility index (Phi) is 6.05. The highest BCUT2D eigenvalue weighted by molar-refractivity contribution is 6.46. The number of ether oxygens (including phenoxy) is 1. The molecule has 2 amide bonds. The minimum absolute atomic E-state index is 0.101. The molecule has 33 heavy (non-hydrogen) atoms. The van der Waals surface area contributed by atoms with E-state index in [0.717, 1.165) is 22.4 Å². The number of aryl methyl sites for hydroxylation is 3. The normalized spacial score (nSPS) is 13.8. The Balaban J connectivity index is 1.84. The second-order valence-electron chi connectivity index (χ2n) is 8.70. The molecule has 1 aliphatic rings. The molecule has 1 heterocycles. The maximum atomic E-state index is 13.7. The number of nitrogens with zero attached hydrogens (tertiary/aromatic N) is 1. The summed E-state index contributed by atoms with van der Waals surface area (Å²) in [4.78, 5) is 28.6. The van der Waals surface area contributed by atoms with Crippen LogP contribution >= 0.6 is 0 Å². The zero-order chi connectivity index (χ0) is 23.7. The molecule has 0 atom stereocenters. The van der Waals surface area contributed by atoms with E-state index in [-0.39, 0.29) is 17.7 Å². The monoisotopic (exact) mass is 440 g/mol. The van der Waals surface area contributed by atoms with Gasteiger partial charge in [0.25, 0.3) is 11.8 Å². The summed E-state index contributed by atoms with van der Waals surface area (Å²) >= 11 is 0. The van der Waals surface area contributed by atoms with Crippen LogP contribution in [0, 0.1) is 20.8 Å². The lowest BCUT2D eigenvalue weighted by molar-refractivity contribution is -0.120. The third kappa shape index (κ3) is 4.53. The second kappa shape index (κ2) is 8.94. The predicted molar refractivity (Wildman–Crippen MR) is 132 cm³/mol.